The number of likely N-dealkylation sites (tertiary alicyclic amines) is 1. The molecule has 0 aromatic heterocycles. The van der Waals surface area contributed by atoms with Crippen LogP contribution in [0.4, 0.5) is 0 Å². The lowest BCUT2D eigenvalue weighted by Crippen LogP contribution is -2.41. The minimum absolute atomic E-state index is 0.258. The van der Waals surface area contributed by atoms with Crippen molar-refractivity contribution in [3.63, 3.8) is 0 Å². The Morgan fingerprint density at radius 2 is 1.91 bits per heavy atom. The third-order valence-corrected chi connectivity index (χ3v) is 5.06. The molecule has 0 bridgehead atoms. The molecule has 2 N–H and O–H groups in total. The third kappa shape index (κ3) is 4.11. The molecule has 1 aliphatic heterocycles. The van der Waals surface area contributed by atoms with Crippen LogP contribution in [0.1, 0.15) is 43.8 Å². The highest BCUT2D eigenvalue weighted by Gasteiger charge is 2.22. The topological polar surface area (TPSA) is 43.7 Å². The fourth-order valence-corrected chi connectivity index (χ4v) is 3.70. The first-order chi connectivity index (χ1) is 11.3. The maximum Gasteiger partial charge on any atom is 0.0802 e. The summed E-state index contributed by atoms with van der Waals surface area (Å²) in [5.41, 5.74) is 0.999. The summed E-state index contributed by atoms with van der Waals surface area (Å²) < 4.78 is 0. The van der Waals surface area contributed by atoms with E-state index in [0.717, 1.165) is 31.5 Å². The Morgan fingerprint density at radius 3 is 2.74 bits per heavy atom. The van der Waals surface area contributed by atoms with Crippen molar-refractivity contribution in [3.05, 3.63) is 48.0 Å². The highest BCUT2D eigenvalue weighted by atomic mass is 16.3. The van der Waals surface area contributed by atoms with Crippen molar-refractivity contribution in [1.82, 2.24) is 4.90 Å². The van der Waals surface area contributed by atoms with Gasteiger partial charge in [0.15, 0.2) is 0 Å². The zero-order chi connectivity index (χ0) is 16.1. The molecule has 1 aliphatic rings. The fourth-order valence-electron chi connectivity index (χ4n) is 3.70. The zero-order valence-electron chi connectivity index (χ0n) is 13.7. The second kappa shape index (κ2) is 7.91. The van der Waals surface area contributed by atoms with Gasteiger partial charge < -0.3 is 15.1 Å². The predicted octanol–water partition coefficient (Wildman–Crippen LogP) is 3.50. The number of rotatable bonds is 6. The van der Waals surface area contributed by atoms with E-state index < -0.39 is 6.10 Å². The van der Waals surface area contributed by atoms with Crippen molar-refractivity contribution in [1.29, 1.82) is 0 Å². The van der Waals surface area contributed by atoms with Crippen LogP contribution in [0.15, 0.2) is 42.5 Å². The molecule has 0 aliphatic carbocycles. The van der Waals surface area contributed by atoms with Gasteiger partial charge in [-0.25, -0.2) is 0 Å². The van der Waals surface area contributed by atoms with Crippen molar-refractivity contribution < 1.29 is 10.2 Å². The van der Waals surface area contributed by atoms with Gasteiger partial charge in [-0.15, -0.1) is 0 Å². The van der Waals surface area contributed by atoms with E-state index in [9.17, 15) is 10.2 Å². The first-order valence-corrected chi connectivity index (χ1v) is 8.79. The molecule has 2 aromatic carbocycles. The minimum atomic E-state index is -0.420. The Hall–Kier alpha value is -1.42. The molecule has 2 unspecified atom stereocenters. The molecule has 23 heavy (non-hydrogen) atoms. The average molecular weight is 313 g/mol. The number of aliphatic hydroxyl groups is 2. The molecular formula is C20H27NO2. The van der Waals surface area contributed by atoms with Crippen LogP contribution in [0.2, 0.25) is 0 Å². The number of hydrogen-bond donors (Lipinski definition) is 2. The second-order valence-electron chi connectivity index (χ2n) is 6.61. The van der Waals surface area contributed by atoms with Crippen molar-refractivity contribution in [3.8, 4) is 0 Å². The van der Waals surface area contributed by atoms with Gasteiger partial charge >= 0.3 is 0 Å². The number of nitrogens with zero attached hydrogens (tertiary/aromatic N) is 1. The molecule has 0 radical (unpaired) electrons. The molecule has 3 nitrogen and oxygen atoms in total. The molecule has 3 heteroatoms. The Balaban J connectivity index is 1.62. The monoisotopic (exact) mass is 313 g/mol. The van der Waals surface area contributed by atoms with E-state index in [1.165, 1.54) is 30.0 Å². The molecule has 0 saturated carbocycles. The molecule has 2 aromatic rings. The van der Waals surface area contributed by atoms with Gasteiger partial charge in [-0.1, -0.05) is 42.8 Å². The van der Waals surface area contributed by atoms with Crippen LogP contribution < -0.4 is 0 Å². The second-order valence-corrected chi connectivity index (χ2v) is 6.61. The van der Waals surface area contributed by atoms with Crippen LogP contribution in [0.5, 0.6) is 0 Å². The van der Waals surface area contributed by atoms with Crippen molar-refractivity contribution in [2.24, 2.45) is 0 Å². The largest absolute Gasteiger partial charge is 0.396 e. The van der Waals surface area contributed by atoms with Gasteiger partial charge in [-0.05, 0) is 54.6 Å². The number of fused-ring (bicyclic) bond motifs is 1. The van der Waals surface area contributed by atoms with E-state index in [1.54, 1.807) is 0 Å². The van der Waals surface area contributed by atoms with Gasteiger partial charge in [0.1, 0.15) is 0 Å². The summed E-state index contributed by atoms with van der Waals surface area (Å²) >= 11 is 0. The molecule has 1 fully saturated rings. The smallest absolute Gasteiger partial charge is 0.0802 e. The highest BCUT2D eigenvalue weighted by molar-refractivity contribution is 5.83. The van der Waals surface area contributed by atoms with Crippen LogP contribution in [0.3, 0.4) is 0 Å². The van der Waals surface area contributed by atoms with E-state index in [4.69, 9.17) is 0 Å². The van der Waals surface area contributed by atoms with Gasteiger partial charge in [0, 0.05) is 19.2 Å². The summed E-state index contributed by atoms with van der Waals surface area (Å²) in [5, 5.41) is 22.2. The first-order valence-electron chi connectivity index (χ1n) is 8.79. The maximum absolute atomic E-state index is 10.6. The van der Waals surface area contributed by atoms with Crippen LogP contribution in [-0.4, -0.2) is 40.9 Å². The number of aliphatic hydroxyl groups excluding tert-OH is 2. The van der Waals surface area contributed by atoms with Gasteiger partial charge in [0.2, 0.25) is 0 Å². The van der Waals surface area contributed by atoms with E-state index in [0.29, 0.717) is 6.04 Å². The number of piperidine rings is 1. The number of hydrogen-bond acceptors (Lipinski definition) is 3. The Bertz CT molecular complexity index is 626. The summed E-state index contributed by atoms with van der Waals surface area (Å²) in [6, 6.07) is 15.0. The summed E-state index contributed by atoms with van der Waals surface area (Å²) in [7, 11) is 0. The lowest BCUT2D eigenvalue weighted by atomic mass is 9.97. The molecule has 124 valence electrons. The van der Waals surface area contributed by atoms with Crippen molar-refractivity contribution in [2.45, 2.75) is 44.2 Å². The molecule has 1 heterocycles. The summed E-state index contributed by atoms with van der Waals surface area (Å²) in [4.78, 5) is 2.45. The Labute approximate surface area is 138 Å². The summed E-state index contributed by atoms with van der Waals surface area (Å²) in [5.74, 6) is 0. The van der Waals surface area contributed by atoms with E-state index >= 15 is 0 Å². The third-order valence-electron chi connectivity index (χ3n) is 5.06. The quantitative estimate of drug-likeness (QED) is 0.858. The number of benzene rings is 2. The first kappa shape index (κ1) is 16.4. The van der Waals surface area contributed by atoms with Gasteiger partial charge in [0.05, 0.1) is 6.10 Å². The standard InChI is InChI=1S/C20H27NO2/c22-14-11-19-7-3-4-12-21(19)13-10-20(23)18-9-8-16-5-1-2-6-17(16)15-18/h1-2,5-6,8-9,15,19-20,22-23H,3-4,7,10-14H2. The fraction of sp³-hybridized carbons (Fsp3) is 0.500. The Kier molecular flexibility index (Phi) is 5.65. The van der Waals surface area contributed by atoms with Crippen LogP contribution in [0.25, 0.3) is 10.8 Å². The molecule has 0 amide bonds. The van der Waals surface area contributed by atoms with Crippen LogP contribution >= 0.6 is 0 Å². The molecule has 2 atom stereocenters. The van der Waals surface area contributed by atoms with Gasteiger partial charge in [0.25, 0.3) is 0 Å². The Morgan fingerprint density at radius 1 is 1.09 bits per heavy atom. The average Bonchev–Trinajstić information content (AvgIpc) is 2.60. The van der Waals surface area contributed by atoms with Crippen LogP contribution in [-0.2, 0) is 0 Å². The lowest BCUT2D eigenvalue weighted by molar-refractivity contribution is 0.0892. The maximum atomic E-state index is 10.6. The van der Waals surface area contributed by atoms with Gasteiger partial charge in [-0.2, -0.15) is 0 Å². The lowest BCUT2D eigenvalue weighted by Gasteiger charge is -2.36. The van der Waals surface area contributed by atoms with E-state index in [1.807, 2.05) is 18.2 Å². The van der Waals surface area contributed by atoms with Crippen molar-refractivity contribution >= 4 is 10.8 Å². The predicted molar refractivity (Wildman–Crippen MR) is 94.4 cm³/mol. The highest BCUT2D eigenvalue weighted by Crippen LogP contribution is 2.25. The zero-order valence-corrected chi connectivity index (χ0v) is 13.7. The molecule has 0 spiro atoms. The van der Waals surface area contributed by atoms with Gasteiger partial charge in [-0.3, -0.25) is 0 Å². The van der Waals surface area contributed by atoms with Crippen LogP contribution in [0, 0.1) is 0 Å². The molecule has 1 saturated heterocycles. The SMILES string of the molecule is OCCC1CCCCN1CCC(O)c1ccc2ccccc2c1. The van der Waals surface area contributed by atoms with E-state index in [-0.39, 0.29) is 6.61 Å². The van der Waals surface area contributed by atoms with E-state index in [2.05, 4.69) is 29.2 Å². The molecule has 3 rings (SSSR count). The summed E-state index contributed by atoms with van der Waals surface area (Å²) in [6.07, 6.45) is 4.85. The summed E-state index contributed by atoms with van der Waals surface area (Å²) in [6.45, 7) is 2.25. The minimum Gasteiger partial charge on any atom is -0.396 e. The normalized spacial score (nSPS) is 20.7. The van der Waals surface area contributed by atoms with Crippen molar-refractivity contribution in [2.75, 3.05) is 19.7 Å². The molecular weight excluding hydrogens is 286 g/mol.